The highest BCUT2D eigenvalue weighted by Crippen LogP contribution is 2.22. The maximum Gasteiger partial charge on any atom is 0.236 e. The van der Waals surface area contributed by atoms with Crippen LogP contribution in [0.1, 0.15) is 0 Å². The van der Waals surface area contributed by atoms with E-state index in [1.54, 1.807) is 0 Å². The zero-order valence-corrected chi connectivity index (χ0v) is 9.77. The minimum atomic E-state index is -0.0135. The first kappa shape index (κ1) is 11.0. The molecule has 4 nitrogen and oxygen atoms in total. The Kier molecular flexibility index (Phi) is 3.49. The number of nitrogens with one attached hydrogen (secondary N) is 1. The Balaban J connectivity index is 2.11. The molecule has 1 aromatic rings. The fourth-order valence-corrected chi connectivity index (χ4v) is 2.22. The number of hydrogen-bond acceptors (Lipinski definition) is 5. The van der Waals surface area contributed by atoms with Gasteiger partial charge >= 0.3 is 0 Å². The lowest BCUT2D eigenvalue weighted by Gasteiger charge is -1.97. The van der Waals surface area contributed by atoms with Gasteiger partial charge in [0, 0.05) is 4.90 Å². The lowest BCUT2D eigenvalue weighted by atomic mass is 10.3. The summed E-state index contributed by atoms with van der Waals surface area (Å²) in [6, 6.07) is 7.29. The molecular weight excluding hydrogens is 242 g/mol. The van der Waals surface area contributed by atoms with Gasteiger partial charge in [0.05, 0.1) is 11.4 Å². The van der Waals surface area contributed by atoms with Crippen molar-refractivity contribution in [1.29, 1.82) is 5.26 Å². The number of nitrogens with zero attached hydrogens (tertiary/aromatic N) is 2. The second kappa shape index (κ2) is 5.05. The van der Waals surface area contributed by atoms with E-state index in [9.17, 15) is 4.79 Å². The van der Waals surface area contributed by atoms with Gasteiger partial charge in [-0.15, -0.1) is 0 Å². The number of amides is 1. The molecule has 0 aliphatic carbocycles. The van der Waals surface area contributed by atoms with E-state index in [-0.39, 0.29) is 5.91 Å². The van der Waals surface area contributed by atoms with Crippen LogP contribution in [0.3, 0.4) is 0 Å². The largest absolute Gasteiger partial charge is 0.304 e. The quantitative estimate of drug-likeness (QED) is 0.644. The maximum absolute atomic E-state index is 10.9. The van der Waals surface area contributed by atoms with Crippen LogP contribution >= 0.6 is 23.5 Å². The smallest absolute Gasteiger partial charge is 0.236 e. The van der Waals surface area contributed by atoms with E-state index < -0.39 is 0 Å². The molecule has 1 heterocycles. The minimum Gasteiger partial charge on any atom is -0.304 e. The van der Waals surface area contributed by atoms with Crippen molar-refractivity contribution in [2.45, 2.75) is 4.90 Å². The molecule has 0 unspecified atom stereocenters. The molecular formula is C10H7N3OS2. The average molecular weight is 249 g/mol. The summed E-state index contributed by atoms with van der Waals surface area (Å²) >= 11 is 2.50. The fourth-order valence-electron chi connectivity index (χ4n) is 1.14. The van der Waals surface area contributed by atoms with Crippen LogP contribution in [0.4, 0.5) is 5.69 Å². The van der Waals surface area contributed by atoms with Crippen molar-refractivity contribution in [1.82, 2.24) is 5.32 Å². The van der Waals surface area contributed by atoms with Crippen molar-refractivity contribution >= 4 is 40.3 Å². The standard InChI is InChI=1S/C10H7N3OS2/c11-6-16-8-3-1-7(2-4-8)12-10-13-9(14)5-15-10/h1-4H,5H2,(H,12,13,14). The van der Waals surface area contributed by atoms with Crippen molar-refractivity contribution in [3.63, 3.8) is 0 Å². The molecule has 1 amide bonds. The Hall–Kier alpha value is -1.45. The second-order valence-corrected chi connectivity index (χ2v) is 4.76. The monoisotopic (exact) mass is 249 g/mol. The molecule has 6 heteroatoms. The van der Waals surface area contributed by atoms with Crippen molar-refractivity contribution in [3.05, 3.63) is 24.3 Å². The molecule has 0 aromatic heterocycles. The third-order valence-corrected chi connectivity index (χ3v) is 3.29. The number of hydrogen-bond donors (Lipinski definition) is 1. The molecule has 1 fully saturated rings. The van der Waals surface area contributed by atoms with E-state index in [0.29, 0.717) is 10.9 Å². The van der Waals surface area contributed by atoms with Crippen LogP contribution in [0.25, 0.3) is 0 Å². The normalized spacial score (nSPS) is 17.2. The number of rotatable bonds is 2. The molecule has 0 saturated carbocycles. The predicted molar refractivity (Wildman–Crippen MR) is 65.6 cm³/mol. The number of nitriles is 1. The Morgan fingerprint density at radius 3 is 2.75 bits per heavy atom. The van der Waals surface area contributed by atoms with E-state index in [1.165, 1.54) is 11.8 Å². The van der Waals surface area contributed by atoms with Gasteiger partial charge in [0.25, 0.3) is 0 Å². The number of amidine groups is 1. The number of carbonyl (C=O) groups excluding carboxylic acids is 1. The SMILES string of the molecule is N#CSc1ccc(N=C2NC(=O)CS2)cc1. The third kappa shape index (κ3) is 2.78. The van der Waals surface area contributed by atoms with Crippen LogP contribution in [0.15, 0.2) is 34.2 Å². The first-order chi connectivity index (χ1) is 7.78. The van der Waals surface area contributed by atoms with Crippen LogP contribution in [0.2, 0.25) is 0 Å². The summed E-state index contributed by atoms with van der Waals surface area (Å²) in [5.74, 6) is 0.418. The second-order valence-electron chi connectivity index (χ2n) is 2.94. The van der Waals surface area contributed by atoms with Gasteiger partial charge in [-0.3, -0.25) is 4.79 Å². The third-order valence-electron chi connectivity index (χ3n) is 1.82. The van der Waals surface area contributed by atoms with Crippen LogP contribution in [-0.4, -0.2) is 16.8 Å². The van der Waals surface area contributed by atoms with Gasteiger partial charge in [-0.2, -0.15) is 5.26 Å². The summed E-state index contributed by atoms with van der Waals surface area (Å²) in [7, 11) is 0. The fraction of sp³-hybridized carbons (Fsp3) is 0.100. The highest BCUT2D eigenvalue weighted by Gasteiger charge is 2.16. The van der Waals surface area contributed by atoms with Crippen LogP contribution in [0, 0.1) is 10.7 Å². The number of aliphatic imine (C=N–C) groups is 1. The zero-order valence-electron chi connectivity index (χ0n) is 8.14. The predicted octanol–water partition coefficient (Wildman–Crippen LogP) is 2.11. The number of benzene rings is 1. The molecule has 1 N–H and O–H groups in total. The summed E-state index contributed by atoms with van der Waals surface area (Å²) in [5, 5.41) is 13.8. The minimum absolute atomic E-state index is 0.0135. The van der Waals surface area contributed by atoms with Gasteiger partial charge in [-0.05, 0) is 36.0 Å². The Morgan fingerprint density at radius 1 is 1.44 bits per heavy atom. The van der Waals surface area contributed by atoms with Crippen molar-refractivity contribution in [2.24, 2.45) is 4.99 Å². The molecule has 1 aliphatic rings. The molecule has 1 saturated heterocycles. The van der Waals surface area contributed by atoms with E-state index in [4.69, 9.17) is 5.26 Å². The molecule has 2 rings (SSSR count). The molecule has 0 spiro atoms. The van der Waals surface area contributed by atoms with Gasteiger partial charge in [-0.25, -0.2) is 4.99 Å². The van der Waals surface area contributed by atoms with Gasteiger partial charge in [0.2, 0.25) is 5.91 Å². The summed E-state index contributed by atoms with van der Waals surface area (Å²) in [6.07, 6.45) is 0. The molecule has 0 bridgehead atoms. The summed E-state index contributed by atoms with van der Waals surface area (Å²) in [6.45, 7) is 0. The van der Waals surface area contributed by atoms with Crippen LogP contribution in [0.5, 0.6) is 0 Å². The van der Waals surface area contributed by atoms with E-state index in [1.807, 2.05) is 29.7 Å². The van der Waals surface area contributed by atoms with Crippen LogP contribution in [-0.2, 0) is 4.79 Å². The molecule has 1 aromatic carbocycles. The number of carbonyl (C=O) groups is 1. The average Bonchev–Trinajstić information content (AvgIpc) is 2.67. The summed E-state index contributed by atoms with van der Waals surface area (Å²) in [5.41, 5.74) is 0.770. The first-order valence-corrected chi connectivity index (χ1v) is 6.25. The molecule has 0 radical (unpaired) electrons. The highest BCUT2D eigenvalue weighted by atomic mass is 32.2. The van der Waals surface area contributed by atoms with Gasteiger partial charge < -0.3 is 5.32 Å². The van der Waals surface area contributed by atoms with Crippen LogP contribution < -0.4 is 5.32 Å². The van der Waals surface area contributed by atoms with Crippen molar-refractivity contribution in [3.8, 4) is 5.40 Å². The first-order valence-electron chi connectivity index (χ1n) is 4.45. The zero-order chi connectivity index (χ0) is 11.4. The van der Waals surface area contributed by atoms with Gasteiger partial charge in [0.1, 0.15) is 5.40 Å². The molecule has 16 heavy (non-hydrogen) atoms. The van der Waals surface area contributed by atoms with E-state index >= 15 is 0 Å². The summed E-state index contributed by atoms with van der Waals surface area (Å²) < 4.78 is 0. The Labute approximate surface area is 101 Å². The molecule has 1 aliphatic heterocycles. The highest BCUT2D eigenvalue weighted by molar-refractivity contribution is 8.15. The van der Waals surface area contributed by atoms with Gasteiger partial charge in [-0.1, -0.05) is 11.8 Å². The van der Waals surface area contributed by atoms with E-state index in [0.717, 1.165) is 22.3 Å². The number of thiocyanates is 1. The van der Waals surface area contributed by atoms with Gasteiger partial charge in [0.15, 0.2) is 5.17 Å². The summed E-state index contributed by atoms with van der Waals surface area (Å²) in [4.78, 5) is 16.1. The van der Waals surface area contributed by atoms with Crippen molar-refractivity contribution < 1.29 is 4.79 Å². The Morgan fingerprint density at radius 2 is 2.19 bits per heavy atom. The molecule has 0 atom stereocenters. The lowest BCUT2D eigenvalue weighted by Crippen LogP contribution is -2.19. The topological polar surface area (TPSA) is 65.2 Å². The maximum atomic E-state index is 10.9. The molecule has 80 valence electrons. The van der Waals surface area contributed by atoms with Crippen molar-refractivity contribution in [2.75, 3.05) is 5.75 Å². The number of thioether (sulfide) groups is 2. The van der Waals surface area contributed by atoms with E-state index in [2.05, 4.69) is 10.3 Å². The lowest BCUT2D eigenvalue weighted by molar-refractivity contribution is -0.116. The Bertz CT molecular complexity index is 476.